The largest absolute Gasteiger partial charge is 0.433 e. The number of thioether (sulfide) groups is 1. The monoisotopic (exact) mass is 363 g/mol. The van der Waals surface area contributed by atoms with E-state index in [1.165, 1.54) is 23.9 Å². The van der Waals surface area contributed by atoms with Crippen LogP contribution in [0.15, 0.2) is 53.7 Å². The van der Waals surface area contributed by atoms with E-state index in [9.17, 15) is 13.6 Å². The van der Waals surface area contributed by atoms with Crippen molar-refractivity contribution >= 4 is 34.4 Å². The predicted molar refractivity (Wildman–Crippen MR) is 93.1 cm³/mol. The molecule has 1 atom stereocenters. The molecule has 2 N–H and O–H groups in total. The number of para-hydroxylation sites is 4. The fraction of sp³-hybridized carbons (Fsp3) is 0.176. The van der Waals surface area contributed by atoms with E-state index in [1.807, 2.05) is 24.3 Å². The summed E-state index contributed by atoms with van der Waals surface area (Å²) >= 11 is 1.25. The molecule has 0 aliphatic heterocycles. The first kappa shape index (κ1) is 17.2. The van der Waals surface area contributed by atoms with Crippen molar-refractivity contribution in [2.24, 2.45) is 0 Å². The van der Waals surface area contributed by atoms with Crippen molar-refractivity contribution in [3.8, 4) is 5.75 Å². The smallest absolute Gasteiger partial charge is 0.387 e. The van der Waals surface area contributed by atoms with Gasteiger partial charge in [0.15, 0.2) is 5.16 Å². The highest BCUT2D eigenvalue weighted by molar-refractivity contribution is 8.00. The fourth-order valence-corrected chi connectivity index (χ4v) is 3.03. The molecule has 0 radical (unpaired) electrons. The molecule has 0 bridgehead atoms. The van der Waals surface area contributed by atoms with Crippen molar-refractivity contribution in [1.82, 2.24) is 9.97 Å². The van der Waals surface area contributed by atoms with Crippen LogP contribution in [0, 0.1) is 0 Å². The van der Waals surface area contributed by atoms with Crippen LogP contribution in [0.1, 0.15) is 6.92 Å². The number of benzene rings is 2. The molecule has 1 aromatic heterocycles. The second kappa shape index (κ2) is 7.52. The predicted octanol–water partition coefficient (Wildman–Crippen LogP) is 4.28. The highest BCUT2D eigenvalue weighted by atomic mass is 32.2. The SMILES string of the molecule is CC(Sc1nc2ccccc2[nH]1)C(=O)Nc1ccccc1OC(F)F. The maximum absolute atomic E-state index is 12.4. The van der Waals surface area contributed by atoms with Gasteiger partial charge in [0, 0.05) is 0 Å². The van der Waals surface area contributed by atoms with Crippen LogP contribution < -0.4 is 10.1 Å². The maximum atomic E-state index is 12.4. The normalized spacial score (nSPS) is 12.3. The number of amides is 1. The van der Waals surface area contributed by atoms with Crippen LogP contribution in [0.4, 0.5) is 14.5 Å². The first-order valence-electron chi connectivity index (χ1n) is 7.49. The number of alkyl halides is 2. The number of fused-ring (bicyclic) bond motifs is 1. The van der Waals surface area contributed by atoms with Gasteiger partial charge in [-0.25, -0.2) is 4.98 Å². The van der Waals surface area contributed by atoms with Crippen LogP contribution in [0.3, 0.4) is 0 Å². The van der Waals surface area contributed by atoms with Crippen LogP contribution in [-0.4, -0.2) is 27.7 Å². The van der Waals surface area contributed by atoms with E-state index in [-0.39, 0.29) is 17.3 Å². The number of hydrogen-bond donors (Lipinski definition) is 2. The molecular formula is C17H15F2N3O2S. The zero-order valence-electron chi connectivity index (χ0n) is 13.2. The van der Waals surface area contributed by atoms with Crippen molar-refractivity contribution in [2.45, 2.75) is 23.9 Å². The summed E-state index contributed by atoms with van der Waals surface area (Å²) in [7, 11) is 0. The van der Waals surface area contributed by atoms with Gasteiger partial charge >= 0.3 is 6.61 Å². The molecule has 2 aromatic carbocycles. The first-order chi connectivity index (χ1) is 12.0. The molecule has 0 spiro atoms. The lowest BCUT2D eigenvalue weighted by Gasteiger charge is -2.14. The molecule has 8 heteroatoms. The molecule has 0 aliphatic rings. The average Bonchev–Trinajstić information content (AvgIpc) is 2.98. The highest BCUT2D eigenvalue weighted by Crippen LogP contribution is 2.28. The molecule has 1 unspecified atom stereocenters. The summed E-state index contributed by atoms with van der Waals surface area (Å²) in [6.45, 7) is -1.25. The van der Waals surface area contributed by atoms with E-state index in [4.69, 9.17) is 0 Å². The Balaban J connectivity index is 1.68. The van der Waals surface area contributed by atoms with E-state index in [0.717, 1.165) is 11.0 Å². The second-order valence-corrected chi connectivity index (χ2v) is 6.51. The molecule has 0 saturated heterocycles. The molecule has 3 aromatic rings. The van der Waals surface area contributed by atoms with Gasteiger partial charge in [-0.1, -0.05) is 36.0 Å². The minimum atomic E-state index is -2.96. The minimum absolute atomic E-state index is 0.0770. The van der Waals surface area contributed by atoms with Gasteiger partial charge < -0.3 is 15.0 Å². The number of aromatic nitrogens is 2. The molecule has 1 heterocycles. The van der Waals surface area contributed by atoms with Gasteiger partial charge in [0.05, 0.1) is 22.0 Å². The van der Waals surface area contributed by atoms with Crippen molar-refractivity contribution in [2.75, 3.05) is 5.32 Å². The third-order valence-electron chi connectivity index (χ3n) is 3.39. The number of ether oxygens (including phenoxy) is 1. The van der Waals surface area contributed by atoms with E-state index < -0.39 is 11.9 Å². The summed E-state index contributed by atoms with van der Waals surface area (Å²) in [6, 6.07) is 13.6. The van der Waals surface area contributed by atoms with Crippen LogP contribution in [0.25, 0.3) is 11.0 Å². The van der Waals surface area contributed by atoms with E-state index in [2.05, 4.69) is 20.0 Å². The summed E-state index contributed by atoms with van der Waals surface area (Å²) in [5.41, 5.74) is 1.89. The van der Waals surface area contributed by atoms with Gasteiger partial charge in [-0.15, -0.1) is 0 Å². The van der Waals surface area contributed by atoms with Gasteiger partial charge in [0.1, 0.15) is 5.75 Å². The summed E-state index contributed by atoms with van der Waals surface area (Å²) < 4.78 is 29.3. The van der Waals surface area contributed by atoms with Crippen LogP contribution >= 0.6 is 11.8 Å². The summed E-state index contributed by atoms with van der Waals surface area (Å²) in [4.78, 5) is 19.9. The number of imidazole rings is 1. The van der Waals surface area contributed by atoms with Gasteiger partial charge in [-0.2, -0.15) is 8.78 Å². The Morgan fingerprint density at radius 1 is 1.20 bits per heavy atom. The molecule has 0 fully saturated rings. The van der Waals surface area contributed by atoms with Crippen LogP contribution in [0.5, 0.6) is 5.75 Å². The number of hydrogen-bond acceptors (Lipinski definition) is 4. The van der Waals surface area contributed by atoms with Crippen molar-refractivity contribution in [3.05, 3.63) is 48.5 Å². The molecule has 5 nitrogen and oxygen atoms in total. The quantitative estimate of drug-likeness (QED) is 0.642. The zero-order valence-corrected chi connectivity index (χ0v) is 14.0. The standard InChI is InChI=1S/C17H15F2N3O2S/c1-10(25-17-21-11-6-2-3-7-12(11)22-17)15(23)20-13-8-4-5-9-14(13)24-16(18)19/h2-10,16H,1H3,(H,20,23)(H,21,22). The second-order valence-electron chi connectivity index (χ2n) is 5.18. The Hall–Kier alpha value is -2.61. The average molecular weight is 363 g/mol. The Labute approximate surface area is 146 Å². The molecular weight excluding hydrogens is 348 g/mol. The number of anilines is 1. The van der Waals surface area contributed by atoms with Crippen molar-refractivity contribution in [3.63, 3.8) is 0 Å². The number of nitrogens with one attached hydrogen (secondary N) is 2. The highest BCUT2D eigenvalue weighted by Gasteiger charge is 2.19. The zero-order chi connectivity index (χ0) is 17.8. The van der Waals surface area contributed by atoms with Gasteiger partial charge in [-0.3, -0.25) is 4.79 Å². The number of aromatic amines is 1. The lowest BCUT2D eigenvalue weighted by molar-refractivity contribution is -0.115. The molecule has 130 valence electrons. The molecule has 0 saturated carbocycles. The molecule has 1 amide bonds. The Morgan fingerprint density at radius 2 is 1.92 bits per heavy atom. The van der Waals surface area contributed by atoms with Gasteiger partial charge in [0.2, 0.25) is 5.91 Å². The van der Waals surface area contributed by atoms with Crippen LogP contribution in [0.2, 0.25) is 0 Å². The fourth-order valence-electron chi connectivity index (χ4n) is 2.21. The van der Waals surface area contributed by atoms with Crippen molar-refractivity contribution < 1.29 is 18.3 Å². The lowest BCUT2D eigenvalue weighted by Crippen LogP contribution is -2.23. The topological polar surface area (TPSA) is 67.0 Å². The number of halogens is 2. The lowest BCUT2D eigenvalue weighted by atomic mass is 10.3. The number of carbonyl (C=O) groups excluding carboxylic acids is 1. The van der Waals surface area contributed by atoms with Crippen LogP contribution in [-0.2, 0) is 4.79 Å². The molecule has 0 aliphatic carbocycles. The van der Waals surface area contributed by atoms with E-state index >= 15 is 0 Å². The van der Waals surface area contributed by atoms with Gasteiger partial charge in [-0.05, 0) is 31.2 Å². The summed E-state index contributed by atoms with van der Waals surface area (Å²) in [5.74, 6) is -0.414. The Bertz CT molecular complexity index is 852. The number of nitrogens with zero attached hydrogens (tertiary/aromatic N) is 1. The number of H-pyrrole nitrogens is 1. The molecule has 25 heavy (non-hydrogen) atoms. The van der Waals surface area contributed by atoms with Crippen molar-refractivity contribution in [1.29, 1.82) is 0 Å². The third kappa shape index (κ3) is 4.27. The maximum Gasteiger partial charge on any atom is 0.387 e. The Kier molecular flexibility index (Phi) is 5.18. The Morgan fingerprint density at radius 3 is 2.68 bits per heavy atom. The molecule has 3 rings (SSSR count). The van der Waals surface area contributed by atoms with E-state index in [1.54, 1.807) is 19.1 Å². The van der Waals surface area contributed by atoms with Gasteiger partial charge in [0.25, 0.3) is 0 Å². The third-order valence-corrected chi connectivity index (χ3v) is 4.37. The first-order valence-corrected chi connectivity index (χ1v) is 8.37. The summed E-state index contributed by atoms with van der Waals surface area (Å²) in [5, 5.41) is 2.74. The number of carbonyl (C=O) groups is 1. The van der Waals surface area contributed by atoms with E-state index in [0.29, 0.717) is 5.16 Å². The number of rotatable bonds is 6. The summed E-state index contributed by atoms with van der Waals surface area (Å²) in [6.07, 6.45) is 0. The minimum Gasteiger partial charge on any atom is -0.433 e.